The number of aromatic amines is 1. The summed E-state index contributed by atoms with van der Waals surface area (Å²) >= 11 is 0. The zero-order valence-electron chi connectivity index (χ0n) is 16.3. The van der Waals surface area contributed by atoms with Crippen molar-refractivity contribution in [1.82, 2.24) is 4.98 Å². The van der Waals surface area contributed by atoms with Gasteiger partial charge in [0.1, 0.15) is 5.69 Å². The van der Waals surface area contributed by atoms with Gasteiger partial charge in [0.25, 0.3) is 5.91 Å². The zero-order valence-corrected chi connectivity index (χ0v) is 16.3. The number of H-pyrrole nitrogens is 1. The summed E-state index contributed by atoms with van der Waals surface area (Å²) < 4.78 is 0. The van der Waals surface area contributed by atoms with Crippen LogP contribution in [0.25, 0.3) is 21.7 Å². The fourth-order valence-electron chi connectivity index (χ4n) is 4.97. The Hall–Kier alpha value is -3.47. The van der Waals surface area contributed by atoms with Crippen LogP contribution in [0.5, 0.6) is 0 Å². The molecule has 6 rings (SSSR count). The molecule has 1 amide bonds. The van der Waals surface area contributed by atoms with E-state index in [1.165, 1.54) is 27.6 Å². The van der Waals surface area contributed by atoms with Crippen LogP contribution in [0.1, 0.15) is 21.6 Å². The van der Waals surface area contributed by atoms with Gasteiger partial charge in [-0.2, -0.15) is 0 Å². The normalized spacial score (nSPS) is 14.9. The van der Waals surface area contributed by atoms with E-state index in [9.17, 15) is 4.79 Å². The highest BCUT2D eigenvalue weighted by Gasteiger charge is 2.29. The minimum Gasteiger partial charge on any atom is -0.388 e. The molecular weight excluding hydrogens is 360 g/mol. The summed E-state index contributed by atoms with van der Waals surface area (Å²) in [4.78, 5) is 18.8. The second-order valence-corrected chi connectivity index (χ2v) is 7.84. The summed E-state index contributed by atoms with van der Waals surface area (Å²) in [5, 5.41) is 10.3. The maximum Gasteiger partial charge on any atom is 0.274 e. The molecule has 3 heterocycles. The first-order valence-corrected chi connectivity index (χ1v) is 10.2. The van der Waals surface area contributed by atoms with Gasteiger partial charge in [-0.25, -0.2) is 0 Å². The third-order valence-corrected chi connectivity index (χ3v) is 6.36. The zero-order chi connectivity index (χ0) is 19.5. The highest BCUT2D eigenvalue weighted by molar-refractivity contribution is 6.12. The van der Waals surface area contributed by atoms with Gasteiger partial charge < -0.3 is 20.5 Å². The molecule has 5 heteroatoms. The number of nitrogens with one attached hydrogen (secondary N) is 3. The molecule has 4 aromatic rings. The van der Waals surface area contributed by atoms with Gasteiger partial charge in [0.05, 0.1) is 0 Å². The Morgan fingerprint density at radius 1 is 1.00 bits per heavy atom. The van der Waals surface area contributed by atoms with E-state index in [1.54, 1.807) is 0 Å². The van der Waals surface area contributed by atoms with E-state index in [2.05, 4.69) is 58.1 Å². The van der Waals surface area contributed by atoms with Crippen molar-refractivity contribution in [2.45, 2.75) is 12.8 Å². The maximum atomic E-state index is 13.5. The number of benzene rings is 3. The van der Waals surface area contributed by atoms with Crippen molar-refractivity contribution in [3.05, 3.63) is 65.4 Å². The minimum absolute atomic E-state index is 0.0389. The van der Waals surface area contributed by atoms with E-state index in [-0.39, 0.29) is 5.91 Å². The highest BCUT2D eigenvalue weighted by atomic mass is 16.2. The van der Waals surface area contributed by atoms with Gasteiger partial charge in [0, 0.05) is 53.5 Å². The van der Waals surface area contributed by atoms with E-state index < -0.39 is 0 Å². The van der Waals surface area contributed by atoms with Gasteiger partial charge in [-0.05, 0) is 53.6 Å². The highest BCUT2D eigenvalue weighted by Crippen LogP contribution is 2.40. The van der Waals surface area contributed by atoms with Crippen LogP contribution in [0.3, 0.4) is 0 Å². The minimum atomic E-state index is 0.0389. The van der Waals surface area contributed by atoms with Crippen molar-refractivity contribution < 1.29 is 4.79 Å². The third kappa shape index (κ3) is 2.30. The molecule has 0 spiro atoms. The molecule has 3 N–H and O–H groups in total. The van der Waals surface area contributed by atoms with Crippen molar-refractivity contribution in [2.75, 3.05) is 35.7 Å². The monoisotopic (exact) mass is 382 g/mol. The van der Waals surface area contributed by atoms with E-state index in [0.717, 1.165) is 41.7 Å². The molecule has 5 nitrogen and oxygen atoms in total. The van der Waals surface area contributed by atoms with Crippen LogP contribution in [0, 0.1) is 0 Å². The Labute approximate surface area is 168 Å². The molecule has 2 aliphatic heterocycles. The molecule has 3 aromatic carbocycles. The molecule has 29 heavy (non-hydrogen) atoms. The maximum absolute atomic E-state index is 13.5. The number of carbonyl (C=O) groups is 1. The van der Waals surface area contributed by atoms with Crippen molar-refractivity contribution in [3.63, 3.8) is 0 Å². The van der Waals surface area contributed by atoms with E-state index in [1.807, 2.05) is 18.0 Å². The summed E-state index contributed by atoms with van der Waals surface area (Å²) in [5.74, 6) is 0.0389. The lowest BCUT2D eigenvalue weighted by atomic mass is 10.0. The van der Waals surface area contributed by atoms with Crippen LogP contribution in [0.2, 0.25) is 0 Å². The summed E-state index contributed by atoms with van der Waals surface area (Å²) in [6.07, 6.45) is 1.88. The number of amides is 1. The molecule has 0 saturated heterocycles. The molecule has 0 fully saturated rings. The average molecular weight is 382 g/mol. The van der Waals surface area contributed by atoms with Crippen LogP contribution in [-0.2, 0) is 12.8 Å². The van der Waals surface area contributed by atoms with E-state index >= 15 is 0 Å². The van der Waals surface area contributed by atoms with Crippen LogP contribution in [0.15, 0.2) is 48.5 Å². The van der Waals surface area contributed by atoms with Crippen LogP contribution in [0.4, 0.5) is 17.1 Å². The van der Waals surface area contributed by atoms with Gasteiger partial charge >= 0.3 is 0 Å². The molecule has 0 saturated carbocycles. The van der Waals surface area contributed by atoms with Crippen LogP contribution >= 0.6 is 0 Å². The van der Waals surface area contributed by atoms with Crippen LogP contribution < -0.4 is 15.5 Å². The number of fused-ring (bicyclic) bond motifs is 6. The topological polar surface area (TPSA) is 60.2 Å². The lowest BCUT2D eigenvalue weighted by molar-refractivity contribution is 0.0985. The smallest absolute Gasteiger partial charge is 0.274 e. The molecular formula is C24H22N4O. The number of hydrogen-bond donors (Lipinski definition) is 3. The van der Waals surface area contributed by atoms with Crippen LogP contribution in [-0.4, -0.2) is 31.0 Å². The lowest BCUT2D eigenvalue weighted by Crippen LogP contribution is -2.29. The molecule has 0 unspecified atom stereocenters. The Bertz CT molecular complexity index is 1300. The van der Waals surface area contributed by atoms with Crippen molar-refractivity contribution in [1.29, 1.82) is 0 Å². The van der Waals surface area contributed by atoms with Gasteiger partial charge in [-0.1, -0.05) is 24.3 Å². The third-order valence-electron chi connectivity index (χ3n) is 6.36. The first kappa shape index (κ1) is 16.5. The van der Waals surface area contributed by atoms with Gasteiger partial charge in [-0.3, -0.25) is 4.79 Å². The summed E-state index contributed by atoms with van der Waals surface area (Å²) in [7, 11) is 1.93. The summed E-state index contributed by atoms with van der Waals surface area (Å²) in [6.45, 7) is 1.67. The first-order chi connectivity index (χ1) is 14.2. The number of anilines is 3. The number of hydrogen-bond acceptors (Lipinski definition) is 3. The number of carbonyl (C=O) groups excluding carboxylic acids is 1. The lowest BCUT2D eigenvalue weighted by Gasteiger charge is -2.18. The summed E-state index contributed by atoms with van der Waals surface area (Å²) in [6, 6.07) is 16.7. The first-order valence-electron chi connectivity index (χ1n) is 10.2. The Balaban J connectivity index is 1.46. The molecule has 0 atom stereocenters. The quantitative estimate of drug-likeness (QED) is 0.477. The second-order valence-electron chi connectivity index (χ2n) is 7.84. The number of rotatable bonds is 2. The van der Waals surface area contributed by atoms with Crippen molar-refractivity contribution in [3.8, 4) is 0 Å². The number of nitrogens with zero attached hydrogens (tertiary/aromatic N) is 1. The molecule has 1 aromatic heterocycles. The largest absolute Gasteiger partial charge is 0.388 e. The Morgan fingerprint density at radius 3 is 2.72 bits per heavy atom. The molecule has 2 aliphatic rings. The molecule has 0 aliphatic carbocycles. The summed E-state index contributed by atoms with van der Waals surface area (Å²) in [5.41, 5.74) is 7.52. The fraction of sp³-hybridized carbons (Fsp3) is 0.208. The average Bonchev–Trinajstić information content (AvgIpc) is 3.49. The predicted octanol–water partition coefficient (Wildman–Crippen LogP) is 4.53. The van der Waals surface area contributed by atoms with Gasteiger partial charge in [0.2, 0.25) is 0 Å². The molecule has 0 bridgehead atoms. The fourth-order valence-corrected chi connectivity index (χ4v) is 4.97. The number of aromatic nitrogens is 1. The predicted molar refractivity (Wildman–Crippen MR) is 119 cm³/mol. The van der Waals surface area contributed by atoms with Gasteiger partial charge in [-0.15, -0.1) is 0 Å². The standard InChI is InChI=1S/C24H22N4O/c1-25-21-13-23-17(14-4-2-3-5-15(14)21)9-11-28(23)24(29)22-12-18-16-8-10-26-19(16)6-7-20(18)27-22/h2-7,12-13,25-27H,8-11H2,1H3. The molecule has 144 valence electrons. The molecule has 0 radical (unpaired) electrons. The van der Waals surface area contributed by atoms with Crippen molar-refractivity contribution >= 4 is 44.6 Å². The van der Waals surface area contributed by atoms with E-state index in [0.29, 0.717) is 12.2 Å². The Kier molecular flexibility index (Phi) is 3.42. The van der Waals surface area contributed by atoms with E-state index in [4.69, 9.17) is 0 Å². The van der Waals surface area contributed by atoms with Crippen molar-refractivity contribution in [2.24, 2.45) is 0 Å². The second kappa shape index (κ2) is 6.01. The SMILES string of the molecule is CNc1cc2c(c3ccccc13)CCN2C(=O)c1cc2c3c(ccc2[nH]1)NCC3. The Morgan fingerprint density at radius 2 is 1.86 bits per heavy atom. The van der Waals surface area contributed by atoms with Gasteiger partial charge in [0.15, 0.2) is 0 Å².